The second-order valence-electron chi connectivity index (χ2n) is 2.02. The van der Waals surface area contributed by atoms with E-state index >= 15 is 0 Å². The lowest BCUT2D eigenvalue weighted by Crippen LogP contribution is -2.17. The summed E-state index contributed by atoms with van der Waals surface area (Å²) < 4.78 is 21.3. The van der Waals surface area contributed by atoms with Gasteiger partial charge in [-0.15, -0.1) is 0 Å². The van der Waals surface area contributed by atoms with Crippen molar-refractivity contribution in [2.45, 2.75) is 4.90 Å². The summed E-state index contributed by atoms with van der Waals surface area (Å²) in [5.41, 5.74) is 5.28. The van der Waals surface area contributed by atoms with E-state index in [1.807, 2.05) is 0 Å². The van der Waals surface area contributed by atoms with Gasteiger partial charge in [0.15, 0.2) is 0 Å². The second-order valence-corrected chi connectivity index (χ2v) is 3.59. The summed E-state index contributed by atoms with van der Waals surface area (Å²) in [5, 5.41) is 4.82. The molecule has 6 heteroatoms. The third-order valence-electron chi connectivity index (χ3n) is 1.14. The summed E-state index contributed by atoms with van der Waals surface area (Å²) in [6.45, 7) is 0. The van der Waals surface area contributed by atoms with E-state index < -0.39 is 10.0 Å². The van der Waals surface area contributed by atoms with Crippen LogP contribution >= 0.6 is 0 Å². The predicted molar refractivity (Wildman–Crippen MR) is 38.8 cm³/mol. The first-order valence-corrected chi connectivity index (χ1v) is 4.35. The third kappa shape index (κ3) is 1.89. The highest BCUT2D eigenvalue weighted by molar-refractivity contribution is 7.89. The molecule has 0 bridgehead atoms. The Morgan fingerprint density at radius 1 is 1.36 bits per heavy atom. The van der Waals surface area contributed by atoms with Gasteiger partial charge in [-0.3, -0.25) is 5.73 Å². The molecular formula is C5H8N3O2S+. The predicted octanol–water partition coefficient (Wildman–Crippen LogP) is -1.27. The van der Waals surface area contributed by atoms with Crippen molar-refractivity contribution in [1.82, 2.24) is 0 Å². The van der Waals surface area contributed by atoms with Crippen molar-refractivity contribution in [2.75, 3.05) is 5.73 Å². The Morgan fingerprint density at radius 3 is 2.36 bits per heavy atom. The minimum absolute atomic E-state index is 0.0201. The van der Waals surface area contributed by atoms with Crippen LogP contribution in [0, 0.1) is 0 Å². The molecule has 1 aromatic heterocycles. The van der Waals surface area contributed by atoms with Gasteiger partial charge in [-0.2, -0.15) is 0 Å². The Bertz CT molecular complexity index is 342. The van der Waals surface area contributed by atoms with Gasteiger partial charge >= 0.3 is 0 Å². The maximum absolute atomic E-state index is 10.7. The standard InChI is InChI=1S/C5H7N3O2S/c6-5-2-1-4(3-8-5)11(7,9)10/h1-3H,(H2,6,8)(H2,7,9,10)/p+1. The third-order valence-corrected chi connectivity index (χ3v) is 2.05. The topological polar surface area (TPSA) is 100 Å². The lowest BCUT2D eigenvalue weighted by atomic mass is 10.5. The molecule has 0 saturated heterocycles. The maximum atomic E-state index is 10.7. The van der Waals surface area contributed by atoms with E-state index in [4.69, 9.17) is 10.9 Å². The minimum Gasteiger partial charge on any atom is -0.287 e. The van der Waals surface area contributed by atoms with Crippen molar-refractivity contribution in [2.24, 2.45) is 5.14 Å². The fourth-order valence-electron chi connectivity index (χ4n) is 0.600. The van der Waals surface area contributed by atoms with Gasteiger partial charge in [0.25, 0.3) is 5.82 Å². The number of pyridine rings is 1. The molecule has 60 valence electrons. The van der Waals surface area contributed by atoms with Gasteiger partial charge in [0.05, 0.1) is 0 Å². The number of anilines is 1. The van der Waals surface area contributed by atoms with Crippen LogP contribution < -0.4 is 15.9 Å². The molecule has 0 aliphatic carbocycles. The largest absolute Gasteiger partial charge is 0.287 e. The van der Waals surface area contributed by atoms with Crippen LogP contribution in [0.2, 0.25) is 0 Å². The summed E-state index contributed by atoms with van der Waals surface area (Å²) in [5.74, 6) is 0.386. The minimum atomic E-state index is -3.61. The van der Waals surface area contributed by atoms with Gasteiger partial charge in [-0.05, 0) is 6.07 Å². The van der Waals surface area contributed by atoms with E-state index in [9.17, 15) is 8.42 Å². The van der Waals surface area contributed by atoms with Gasteiger partial charge in [0.1, 0.15) is 11.1 Å². The molecule has 0 atom stereocenters. The van der Waals surface area contributed by atoms with E-state index in [-0.39, 0.29) is 4.90 Å². The average Bonchev–Trinajstić information content (AvgIpc) is 1.86. The van der Waals surface area contributed by atoms with E-state index in [0.29, 0.717) is 5.82 Å². The van der Waals surface area contributed by atoms with Crippen molar-refractivity contribution < 1.29 is 13.4 Å². The number of nitrogens with two attached hydrogens (primary N) is 2. The fraction of sp³-hybridized carbons (Fsp3) is 0. The molecule has 0 aromatic carbocycles. The molecule has 0 unspecified atom stereocenters. The summed E-state index contributed by atoms with van der Waals surface area (Å²) >= 11 is 0. The molecule has 0 fully saturated rings. The van der Waals surface area contributed by atoms with Crippen LogP contribution in [-0.4, -0.2) is 8.42 Å². The number of H-pyrrole nitrogens is 1. The zero-order valence-corrected chi connectivity index (χ0v) is 6.43. The summed E-state index contributed by atoms with van der Waals surface area (Å²) in [6.07, 6.45) is 1.24. The molecule has 0 saturated carbocycles. The summed E-state index contributed by atoms with van der Waals surface area (Å²) in [6, 6.07) is 2.76. The van der Waals surface area contributed by atoms with Gasteiger partial charge in [0, 0.05) is 6.07 Å². The van der Waals surface area contributed by atoms with Crippen LogP contribution in [0.25, 0.3) is 0 Å². The first-order valence-electron chi connectivity index (χ1n) is 2.80. The summed E-state index contributed by atoms with van der Waals surface area (Å²) in [7, 11) is -3.61. The molecule has 11 heavy (non-hydrogen) atoms. The molecule has 1 heterocycles. The molecule has 0 aliphatic rings. The van der Waals surface area contributed by atoms with Crippen molar-refractivity contribution in [3.63, 3.8) is 0 Å². The molecule has 0 radical (unpaired) electrons. The molecule has 0 spiro atoms. The highest BCUT2D eigenvalue weighted by Crippen LogP contribution is 2.02. The molecular weight excluding hydrogens is 166 g/mol. The van der Waals surface area contributed by atoms with Crippen molar-refractivity contribution in [3.8, 4) is 0 Å². The Balaban J connectivity index is 3.20. The van der Waals surface area contributed by atoms with Crippen LogP contribution in [0.15, 0.2) is 23.2 Å². The highest BCUT2D eigenvalue weighted by atomic mass is 32.2. The Kier molecular flexibility index (Phi) is 1.79. The number of aromatic nitrogens is 1. The first-order chi connectivity index (χ1) is 5.00. The zero-order valence-electron chi connectivity index (χ0n) is 5.61. The number of nitrogens with one attached hydrogen (secondary N) is 1. The summed E-state index contributed by atoms with van der Waals surface area (Å²) in [4.78, 5) is 2.55. The highest BCUT2D eigenvalue weighted by Gasteiger charge is 2.08. The molecule has 0 aliphatic heterocycles. The van der Waals surface area contributed by atoms with Crippen molar-refractivity contribution in [3.05, 3.63) is 18.3 Å². The lowest BCUT2D eigenvalue weighted by Gasteiger charge is -1.92. The molecule has 1 aromatic rings. The first kappa shape index (κ1) is 7.96. The molecule has 5 nitrogen and oxygen atoms in total. The lowest BCUT2D eigenvalue weighted by molar-refractivity contribution is -0.363. The number of hydrogen-bond acceptors (Lipinski definition) is 3. The van der Waals surface area contributed by atoms with Crippen molar-refractivity contribution in [1.29, 1.82) is 0 Å². The van der Waals surface area contributed by atoms with Gasteiger partial charge < -0.3 is 0 Å². The van der Waals surface area contributed by atoms with E-state index in [2.05, 4.69) is 4.98 Å². The number of nitrogen functional groups attached to an aromatic ring is 1. The van der Waals surface area contributed by atoms with Crippen LogP contribution in [0.4, 0.5) is 5.82 Å². The normalized spacial score (nSPS) is 11.4. The van der Waals surface area contributed by atoms with E-state index in [1.165, 1.54) is 18.3 Å². The number of primary sulfonamides is 1. The fourth-order valence-corrected chi connectivity index (χ4v) is 1.08. The number of aromatic amines is 1. The van der Waals surface area contributed by atoms with Gasteiger partial charge in [0.2, 0.25) is 10.0 Å². The van der Waals surface area contributed by atoms with Gasteiger partial charge in [-0.1, -0.05) is 0 Å². The Hall–Kier alpha value is -1.14. The van der Waals surface area contributed by atoms with Crippen LogP contribution in [0.5, 0.6) is 0 Å². The van der Waals surface area contributed by atoms with Crippen LogP contribution in [0.3, 0.4) is 0 Å². The van der Waals surface area contributed by atoms with E-state index in [0.717, 1.165) is 0 Å². The number of rotatable bonds is 1. The van der Waals surface area contributed by atoms with Crippen LogP contribution in [-0.2, 0) is 10.0 Å². The molecule has 5 N–H and O–H groups in total. The second kappa shape index (κ2) is 2.48. The average molecular weight is 174 g/mol. The SMILES string of the molecule is Nc1ccc(S(N)(=O)=O)c[nH+]1. The van der Waals surface area contributed by atoms with Crippen molar-refractivity contribution >= 4 is 15.8 Å². The van der Waals surface area contributed by atoms with Gasteiger partial charge in [-0.25, -0.2) is 18.5 Å². The molecule has 0 amide bonds. The van der Waals surface area contributed by atoms with E-state index in [1.54, 1.807) is 0 Å². The Morgan fingerprint density at radius 2 is 2.00 bits per heavy atom. The van der Waals surface area contributed by atoms with Crippen LogP contribution in [0.1, 0.15) is 0 Å². The number of sulfonamides is 1. The number of hydrogen-bond donors (Lipinski definition) is 2. The Labute approximate surface area is 64.1 Å². The molecule has 1 rings (SSSR count). The quantitative estimate of drug-likeness (QED) is 0.555. The monoisotopic (exact) mass is 174 g/mol. The smallest absolute Gasteiger partial charge is 0.270 e. The zero-order chi connectivity index (χ0) is 8.48. The maximum Gasteiger partial charge on any atom is 0.270 e.